The van der Waals surface area contributed by atoms with Crippen LogP contribution in [0.4, 0.5) is 0 Å². The molecule has 0 saturated heterocycles. The van der Waals surface area contributed by atoms with Crippen molar-refractivity contribution in [2.75, 3.05) is 0 Å². The summed E-state index contributed by atoms with van der Waals surface area (Å²) in [5, 5.41) is 0. The van der Waals surface area contributed by atoms with Crippen LogP contribution in [0.1, 0.15) is 951 Å². The summed E-state index contributed by atoms with van der Waals surface area (Å²) in [6.45, 7) is 0. The van der Waals surface area contributed by atoms with Crippen LogP contribution in [-0.2, 0) is 0 Å². The zero-order valence-corrected chi connectivity index (χ0v) is 0. The fourth-order valence-electron chi connectivity index (χ4n) is 0. The summed E-state index contributed by atoms with van der Waals surface area (Å²) in [4.78, 5) is 0. The molecule has 0 bridgehead atoms. The molecule has 0 aliphatic carbocycles. The second-order valence-electron chi connectivity index (χ2n) is 0. The van der Waals surface area contributed by atoms with Crippen molar-refractivity contribution >= 4 is 0 Å². The number of hydrogen-bond acceptors (Lipinski definition) is 0. The second kappa shape index (κ2) is 0. The molecule has 0 aromatic carbocycles. The van der Waals surface area contributed by atoms with Crippen LogP contribution in [-0.4, -0.2) is 0 Å². The molecule has 0 unspecified atom stereocenters. The maximum absolute atomic E-state index is 0. The van der Waals surface area contributed by atoms with Crippen molar-refractivity contribution in [3.05, 3.63) is 0 Å². The van der Waals surface area contributed by atoms with Gasteiger partial charge in [-0.15, -0.1) is 0 Å². The normalized spacial score (nSPS) is 0. The molecule has 0 N–H and O–H groups in total. The molecule has 0 heteroatoms. The van der Waals surface area contributed by atoms with Crippen molar-refractivity contribution in [3.8, 4) is 0 Å². The van der Waals surface area contributed by atoms with Crippen molar-refractivity contribution in [1.29, 1.82) is 0 Å². The van der Waals surface area contributed by atoms with Crippen LogP contribution in [0.2, 0.25) is 0 Å². The molecule has 0 radical (unpaired) electrons. The minimum Gasteiger partial charge on any atom is -0.0776 e. The zero-order chi connectivity index (χ0) is 0. The first-order valence-corrected chi connectivity index (χ1v) is 0. The molecule has 0 nitrogen and oxygen atoms in total. The Hall–Kier alpha value is 0. The average Bonchev–Trinajstić information content (AvgIpc) is 0. The van der Waals surface area contributed by atoms with Crippen LogP contribution in [0.3, 0.4) is 0 Å². The Morgan fingerprint density at radius 2 is 0.00781 bits per heavy atom. The summed E-state index contributed by atoms with van der Waals surface area (Å²) < 4.78 is 0. The number of rotatable bonds is 0. The highest BCUT2D eigenvalue weighted by atomic mass is 12.1. The summed E-state index contributed by atoms with van der Waals surface area (Å²) in [5.41, 5.74) is 0. The first kappa shape index (κ1) is 0. The first-order valence-electron chi connectivity index (χ1n) is 0. The Morgan fingerprint density at radius 1 is 0.00781 bits per heavy atom. The summed E-state index contributed by atoms with van der Waals surface area (Å²) in [5.74, 6) is 0. The molecular weight excluding hydrogens is 1540 g/mol. The quantitative estimate of drug-likeness (QED) is 0.227. The minimum atomic E-state index is 0. The lowest BCUT2D eigenvalue weighted by Crippen LogP contribution is 0.143. The van der Waals surface area contributed by atoms with Gasteiger partial charge in [-0.3, -0.25) is 0 Å². The molecule has 0 spiro atoms. The lowest BCUT2D eigenvalue weighted by atomic mass is 12.0. The Kier molecular flexibility index (Phi) is 0. The Bertz CT molecular complexity index is 0. The van der Waals surface area contributed by atoms with E-state index in [9.17, 15) is 0 Å². The lowest BCUT2D eigenvalue weighted by molar-refractivity contribution is 2.50. The molecule has 0 heterocycles. The summed E-state index contributed by atoms with van der Waals surface area (Å²) in [6.07, 6.45) is 0. The van der Waals surface area contributed by atoms with Gasteiger partial charge in [-0.05, 0) is 0 Å². The fraction of sp³-hybridized carbons (Fsp3) is 1.00. The van der Waals surface area contributed by atoms with E-state index in [4.69, 9.17) is 0 Å². The van der Waals surface area contributed by atoms with Crippen LogP contribution < -0.4 is 0 Å². The lowest BCUT2D eigenvalue weighted by Gasteiger charge is -0.0786. The zero-order valence-electron chi connectivity index (χ0n) is 0. The molecule has 128 heavy (non-hydrogen) atoms. The molecule has 0 aromatic heterocycles. The SMILES string of the molecule is C.C.C.C.C.C.C.C.C.C.C.C.C.C.C.C.C.C.C.C.C.C.C.C.C.C.C.C.C.C.C.C.C.C.C.C.C.C.C.C.C.C.C.C.C.C.C.C.C.C.C.C.C.C.C.C.C.C.C.C.C.C.C.C.C.C.C.C.C.C.C.C.C.C.C.C.C.C.C.C.C.C.C.C.C.C.C.C.C.C.C.C.C.C.C.C.C.C.C.C.C.C.C.C.C.C.C.C.C.C.C.C.C.C.C.C.C.C.C.C.C.C.C.C.C.C.C.C. The van der Waals surface area contributed by atoms with Gasteiger partial charge in [0.25, 0.3) is 0 Å². The van der Waals surface area contributed by atoms with Crippen molar-refractivity contribution < 1.29 is 0 Å². The highest BCUT2D eigenvalue weighted by Gasteiger charge is 0.0494. The van der Waals surface area contributed by atoms with Gasteiger partial charge in [0, 0.05) is 0 Å². The Labute approximate surface area is 945 Å². The van der Waals surface area contributed by atoms with Gasteiger partial charge in [0.05, 0.1) is 0 Å². The molecule has 0 aliphatic rings. The monoisotopic (exact) mass is 2050 g/mol. The van der Waals surface area contributed by atoms with E-state index in [1.54, 1.807) is 0 Å². The summed E-state index contributed by atoms with van der Waals surface area (Å²) in [7, 11) is 0. The molecule has 0 saturated carbocycles. The van der Waals surface area contributed by atoms with Gasteiger partial charge in [0.1, 0.15) is 0 Å². The molecule has 0 aromatic rings. The van der Waals surface area contributed by atoms with E-state index >= 15 is 0 Å². The van der Waals surface area contributed by atoms with Crippen LogP contribution in [0, 0.1) is 0 Å². The minimum absolute atomic E-state index is 0. The average molecular weight is 2050 g/mol. The van der Waals surface area contributed by atoms with E-state index < -0.39 is 0 Å². The highest BCUT2D eigenvalue weighted by molar-refractivity contribution is 2.63. The molecule has 0 amide bonds. The maximum atomic E-state index is 0. The van der Waals surface area contributed by atoms with E-state index in [-0.39, 0.29) is 951 Å². The van der Waals surface area contributed by atoms with Crippen LogP contribution >= 0.6 is 0 Å². The molecule has 1024 valence electrons. The van der Waals surface area contributed by atoms with Crippen LogP contribution in [0.15, 0.2) is 0 Å². The summed E-state index contributed by atoms with van der Waals surface area (Å²) in [6, 6.07) is 0. The van der Waals surface area contributed by atoms with Crippen LogP contribution in [0.5, 0.6) is 0 Å². The predicted molar refractivity (Wildman–Crippen MR) is 862 cm³/mol. The topological polar surface area (TPSA) is 0 Å². The molecule has 0 aliphatic heterocycles. The van der Waals surface area contributed by atoms with Crippen molar-refractivity contribution in [1.82, 2.24) is 0 Å². The Balaban J connectivity index is 0. The smallest absolute Gasteiger partial charge is 0.0776 e. The van der Waals surface area contributed by atoms with Gasteiger partial charge in [0.15, 0.2) is 0 Å². The predicted octanol–water partition coefficient (Wildman–Crippen LogP) is 81.4. The van der Waals surface area contributed by atoms with Gasteiger partial charge >= 0.3 is 0 Å². The molecular formula is C128H512. The largest absolute Gasteiger partial charge is 0.0776 e. The molecule has 0 fully saturated rings. The van der Waals surface area contributed by atoms with Gasteiger partial charge in [-0.25, -0.2) is 0 Å². The highest BCUT2D eigenvalue weighted by Crippen LogP contribution is 0.271. The van der Waals surface area contributed by atoms with Crippen molar-refractivity contribution in [2.45, 2.75) is 951 Å². The Morgan fingerprint density at radius 3 is 0.00781 bits per heavy atom. The first-order chi connectivity index (χ1) is 0. The third-order valence-electron chi connectivity index (χ3n) is 0. The second-order valence-corrected chi connectivity index (χ2v) is 0. The van der Waals surface area contributed by atoms with Crippen LogP contribution in [0.25, 0.3) is 0 Å². The number of hydrogen-bond donors (Lipinski definition) is 0. The van der Waals surface area contributed by atoms with Crippen molar-refractivity contribution in [2.24, 2.45) is 0 Å². The standard InChI is InChI=1S/128CH4/h128*1H4. The van der Waals surface area contributed by atoms with Gasteiger partial charge in [-0.2, -0.15) is 0 Å². The van der Waals surface area contributed by atoms with E-state index in [0.717, 1.165) is 0 Å². The van der Waals surface area contributed by atoms with Gasteiger partial charge < -0.3 is 0 Å². The van der Waals surface area contributed by atoms with Crippen molar-refractivity contribution in [3.63, 3.8) is 0 Å². The third kappa shape index (κ3) is 0. The summed E-state index contributed by atoms with van der Waals surface area (Å²) >= 11 is 0. The fourth-order valence-corrected chi connectivity index (χ4v) is 0. The van der Waals surface area contributed by atoms with E-state index in [1.807, 2.05) is 0 Å². The van der Waals surface area contributed by atoms with Gasteiger partial charge in [0.2, 0.25) is 0 Å². The maximum Gasteiger partial charge on any atom is -0.0776 e. The van der Waals surface area contributed by atoms with E-state index in [0.29, 0.717) is 0 Å². The third-order valence-corrected chi connectivity index (χ3v) is 0. The van der Waals surface area contributed by atoms with Gasteiger partial charge in [-0.1, -0.05) is 951 Å². The molecule has 0 atom stereocenters. The van der Waals surface area contributed by atoms with E-state index in [2.05, 4.69) is 0 Å². The van der Waals surface area contributed by atoms with E-state index in [1.165, 1.54) is 0 Å². The molecule has 0 rings (SSSR count).